The van der Waals surface area contributed by atoms with Crippen LogP contribution < -0.4 is 0 Å². The molecule has 1 atom stereocenters. The summed E-state index contributed by atoms with van der Waals surface area (Å²) in [6.07, 6.45) is -1.15. The van der Waals surface area contributed by atoms with Crippen molar-refractivity contribution in [2.45, 2.75) is 19.4 Å². The Labute approximate surface area is 133 Å². The maximum Gasteiger partial charge on any atom is 0.360 e. The van der Waals surface area contributed by atoms with Crippen molar-refractivity contribution < 1.29 is 23.9 Å². The number of hydrogen-bond acceptors (Lipinski definition) is 5. The van der Waals surface area contributed by atoms with Crippen LogP contribution in [-0.2, 0) is 19.1 Å². The minimum atomic E-state index is -1.27. The molecule has 0 radical (unpaired) electrons. The first-order valence-electron chi connectivity index (χ1n) is 7.17. The first kappa shape index (κ1) is 16.4. The number of carbonyl (C=O) groups excluding carboxylic acids is 3. The maximum absolute atomic E-state index is 12.3. The van der Waals surface area contributed by atoms with Gasteiger partial charge in [-0.25, -0.2) is 9.59 Å². The third-order valence-electron chi connectivity index (χ3n) is 3.06. The van der Waals surface area contributed by atoms with E-state index >= 15 is 0 Å². The Balaban J connectivity index is 2.16. The fourth-order valence-electron chi connectivity index (χ4n) is 1.87. The van der Waals surface area contributed by atoms with Gasteiger partial charge in [0.05, 0.1) is 5.56 Å². The summed E-state index contributed by atoms with van der Waals surface area (Å²) in [5.74, 6) is -2.26. The van der Waals surface area contributed by atoms with Crippen LogP contribution in [0.1, 0.15) is 35.4 Å². The molecule has 0 spiro atoms. The lowest BCUT2D eigenvalue weighted by atomic mass is 10.1. The summed E-state index contributed by atoms with van der Waals surface area (Å²) < 4.78 is 9.96. The van der Waals surface area contributed by atoms with E-state index in [0.717, 1.165) is 0 Å². The van der Waals surface area contributed by atoms with Crippen molar-refractivity contribution in [1.29, 1.82) is 0 Å². The van der Waals surface area contributed by atoms with E-state index in [2.05, 4.69) is 0 Å². The van der Waals surface area contributed by atoms with Gasteiger partial charge in [-0.05, 0) is 12.1 Å². The third kappa shape index (κ3) is 4.51. The highest BCUT2D eigenvalue weighted by molar-refractivity contribution is 5.98. The summed E-state index contributed by atoms with van der Waals surface area (Å²) >= 11 is 0. The molecule has 0 aliphatic carbocycles. The van der Waals surface area contributed by atoms with Crippen molar-refractivity contribution in [2.75, 3.05) is 0 Å². The highest BCUT2D eigenvalue weighted by atomic mass is 16.6. The molecule has 0 heterocycles. The summed E-state index contributed by atoms with van der Waals surface area (Å²) in [5, 5.41) is 0. The van der Waals surface area contributed by atoms with E-state index < -0.39 is 24.0 Å². The Morgan fingerprint density at radius 2 is 1.48 bits per heavy atom. The SMILES string of the molecule is CCC(=O)OC(C(=O)OC(=O)c1ccccc1)c1ccccc1. The maximum atomic E-state index is 12.3. The van der Waals surface area contributed by atoms with Crippen LogP contribution in [0.3, 0.4) is 0 Å². The molecule has 0 aromatic heterocycles. The monoisotopic (exact) mass is 312 g/mol. The Bertz CT molecular complexity index is 679. The van der Waals surface area contributed by atoms with E-state index in [0.29, 0.717) is 5.56 Å². The number of hydrogen-bond donors (Lipinski definition) is 0. The summed E-state index contributed by atoms with van der Waals surface area (Å²) in [7, 11) is 0. The highest BCUT2D eigenvalue weighted by Crippen LogP contribution is 2.20. The summed E-state index contributed by atoms with van der Waals surface area (Å²) in [6.45, 7) is 1.62. The largest absolute Gasteiger partial charge is 0.445 e. The lowest BCUT2D eigenvalue weighted by Crippen LogP contribution is -2.24. The van der Waals surface area contributed by atoms with E-state index in [1.165, 1.54) is 12.1 Å². The Morgan fingerprint density at radius 3 is 2.04 bits per heavy atom. The predicted octanol–water partition coefficient (Wildman–Crippen LogP) is 3.06. The standard InChI is InChI=1S/C18H16O5/c1-2-15(19)22-16(13-9-5-3-6-10-13)18(21)23-17(20)14-11-7-4-8-12-14/h3-12,16H,2H2,1H3. The topological polar surface area (TPSA) is 69.7 Å². The zero-order valence-electron chi connectivity index (χ0n) is 12.6. The van der Waals surface area contributed by atoms with Gasteiger partial charge in [-0.1, -0.05) is 55.5 Å². The van der Waals surface area contributed by atoms with Crippen molar-refractivity contribution in [3.05, 3.63) is 71.8 Å². The van der Waals surface area contributed by atoms with Crippen molar-refractivity contribution >= 4 is 17.9 Å². The zero-order valence-corrected chi connectivity index (χ0v) is 12.6. The zero-order chi connectivity index (χ0) is 16.7. The Hall–Kier alpha value is -2.95. The summed E-state index contributed by atoms with van der Waals surface area (Å²) in [4.78, 5) is 35.8. The molecule has 23 heavy (non-hydrogen) atoms. The Morgan fingerprint density at radius 1 is 0.913 bits per heavy atom. The molecule has 0 bridgehead atoms. The van der Waals surface area contributed by atoms with Crippen molar-refractivity contribution in [3.8, 4) is 0 Å². The second-order valence-electron chi connectivity index (χ2n) is 4.71. The molecule has 5 nitrogen and oxygen atoms in total. The fraction of sp³-hybridized carbons (Fsp3) is 0.167. The number of rotatable bonds is 5. The fourth-order valence-corrected chi connectivity index (χ4v) is 1.87. The van der Waals surface area contributed by atoms with Crippen LogP contribution >= 0.6 is 0 Å². The van der Waals surface area contributed by atoms with Crippen LogP contribution in [0, 0.1) is 0 Å². The molecular weight excluding hydrogens is 296 g/mol. The molecule has 0 aliphatic heterocycles. The van der Waals surface area contributed by atoms with Gasteiger partial charge in [-0.3, -0.25) is 4.79 Å². The third-order valence-corrected chi connectivity index (χ3v) is 3.06. The van der Waals surface area contributed by atoms with Crippen LogP contribution in [0.15, 0.2) is 60.7 Å². The molecule has 1 unspecified atom stereocenters. The minimum absolute atomic E-state index is 0.114. The predicted molar refractivity (Wildman–Crippen MR) is 82.4 cm³/mol. The first-order valence-corrected chi connectivity index (χ1v) is 7.17. The molecule has 2 aromatic carbocycles. The lowest BCUT2D eigenvalue weighted by molar-refractivity contribution is -0.164. The van der Waals surface area contributed by atoms with Gasteiger partial charge < -0.3 is 9.47 Å². The molecule has 0 saturated carbocycles. The molecule has 5 heteroatoms. The molecule has 0 amide bonds. The number of esters is 3. The normalized spacial score (nSPS) is 11.3. The lowest BCUT2D eigenvalue weighted by Gasteiger charge is -2.16. The van der Waals surface area contributed by atoms with Crippen molar-refractivity contribution in [1.82, 2.24) is 0 Å². The van der Waals surface area contributed by atoms with Gasteiger partial charge in [-0.2, -0.15) is 0 Å². The average molecular weight is 312 g/mol. The second kappa shape index (κ2) is 7.89. The van der Waals surface area contributed by atoms with Crippen LogP contribution in [-0.4, -0.2) is 17.9 Å². The molecule has 0 fully saturated rings. The van der Waals surface area contributed by atoms with Crippen LogP contribution in [0.2, 0.25) is 0 Å². The molecule has 0 aliphatic rings. The van der Waals surface area contributed by atoms with Gasteiger partial charge in [-0.15, -0.1) is 0 Å². The van der Waals surface area contributed by atoms with E-state index in [1.54, 1.807) is 55.5 Å². The van der Waals surface area contributed by atoms with E-state index in [9.17, 15) is 14.4 Å². The minimum Gasteiger partial charge on any atom is -0.445 e. The van der Waals surface area contributed by atoms with Gasteiger partial charge in [0.15, 0.2) is 0 Å². The summed E-state index contributed by atoms with van der Waals surface area (Å²) in [5.41, 5.74) is 0.689. The smallest absolute Gasteiger partial charge is 0.360 e. The summed E-state index contributed by atoms with van der Waals surface area (Å²) in [6, 6.07) is 16.6. The average Bonchev–Trinajstić information content (AvgIpc) is 2.60. The molecule has 118 valence electrons. The van der Waals surface area contributed by atoms with E-state index in [-0.39, 0.29) is 12.0 Å². The first-order chi connectivity index (χ1) is 11.1. The van der Waals surface area contributed by atoms with Gasteiger partial charge in [0, 0.05) is 12.0 Å². The van der Waals surface area contributed by atoms with Gasteiger partial charge >= 0.3 is 17.9 Å². The second-order valence-corrected chi connectivity index (χ2v) is 4.71. The molecular formula is C18H16O5. The highest BCUT2D eigenvalue weighted by Gasteiger charge is 2.28. The number of carbonyl (C=O) groups is 3. The molecule has 0 N–H and O–H groups in total. The quantitative estimate of drug-likeness (QED) is 0.627. The van der Waals surface area contributed by atoms with Crippen LogP contribution in [0.4, 0.5) is 0 Å². The van der Waals surface area contributed by atoms with E-state index in [4.69, 9.17) is 9.47 Å². The van der Waals surface area contributed by atoms with E-state index in [1.807, 2.05) is 0 Å². The van der Waals surface area contributed by atoms with Crippen LogP contribution in [0.5, 0.6) is 0 Å². The van der Waals surface area contributed by atoms with Gasteiger partial charge in [0.25, 0.3) is 0 Å². The Kier molecular flexibility index (Phi) is 5.63. The molecule has 2 aromatic rings. The number of ether oxygens (including phenoxy) is 2. The van der Waals surface area contributed by atoms with Gasteiger partial charge in [0.1, 0.15) is 0 Å². The number of benzene rings is 2. The molecule has 0 saturated heterocycles. The van der Waals surface area contributed by atoms with Gasteiger partial charge in [0.2, 0.25) is 6.10 Å². The van der Waals surface area contributed by atoms with Crippen LogP contribution in [0.25, 0.3) is 0 Å². The van der Waals surface area contributed by atoms with Crippen molar-refractivity contribution in [3.63, 3.8) is 0 Å². The van der Waals surface area contributed by atoms with Crippen molar-refractivity contribution in [2.24, 2.45) is 0 Å². The molecule has 2 rings (SSSR count).